The van der Waals surface area contributed by atoms with E-state index >= 15 is 0 Å². The summed E-state index contributed by atoms with van der Waals surface area (Å²) in [5.41, 5.74) is 7.13. The summed E-state index contributed by atoms with van der Waals surface area (Å²) in [6.07, 6.45) is 0. The number of nitrogens with two attached hydrogens (primary N) is 1. The molecule has 0 fully saturated rings. The second-order valence-electron chi connectivity index (χ2n) is 4.40. The number of nitrogen functional groups attached to an aromatic ring is 1. The molecule has 0 bridgehead atoms. The van der Waals surface area contributed by atoms with Gasteiger partial charge in [-0.2, -0.15) is 0 Å². The average Bonchev–Trinajstić information content (AvgIpc) is 2.45. The summed E-state index contributed by atoms with van der Waals surface area (Å²) >= 11 is 8.97. The number of pyridine rings is 1. The molecule has 0 radical (unpaired) electrons. The summed E-state index contributed by atoms with van der Waals surface area (Å²) in [7, 11) is 0. The lowest BCUT2D eigenvalue weighted by Gasteiger charge is -2.09. The summed E-state index contributed by atoms with van der Waals surface area (Å²) in [5.74, 6) is 0.109. The Kier molecular flexibility index (Phi) is 3.69. The van der Waals surface area contributed by atoms with Crippen LogP contribution in [0.1, 0.15) is 0 Å². The number of halogens is 3. The molecule has 1 aromatic heterocycles. The van der Waals surface area contributed by atoms with E-state index in [2.05, 4.69) is 20.9 Å². The van der Waals surface area contributed by atoms with Crippen LogP contribution in [0.25, 0.3) is 10.9 Å². The van der Waals surface area contributed by atoms with Crippen molar-refractivity contribution in [1.29, 1.82) is 0 Å². The lowest BCUT2D eigenvalue weighted by Crippen LogP contribution is -1.92. The fourth-order valence-electron chi connectivity index (χ4n) is 1.88. The minimum atomic E-state index is -0.552. The van der Waals surface area contributed by atoms with Crippen molar-refractivity contribution in [2.24, 2.45) is 0 Å². The fraction of sp³-hybridized carbons (Fsp3) is 0. The third kappa shape index (κ3) is 2.94. The fourth-order valence-corrected chi connectivity index (χ4v) is 2.60. The van der Waals surface area contributed by atoms with Crippen molar-refractivity contribution in [2.45, 2.75) is 0 Å². The number of nitrogens with zero attached hydrogens (tertiary/aromatic N) is 1. The van der Waals surface area contributed by atoms with Gasteiger partial charge < -0.3 is 10.5 Å². The molecule has 0 saturated carbocycles. The number of aromatic nitrogens is 1. The first kappa shape index (κ1) is 14.1. The number of hydrogen-bond donors (Lipinski definition) is 1. The molecule has 3 nitrogen and oxygen atoms in total. The third-order valence-electron chi connectivity index (χ3n) is 2.88. The summed E-state index contributed by atoms with van der Waals surface area (Å²) in [6, 6.07) is 11.6. The van der Waals surface area contributed by atoms with E-state index in [-0.39, 0.29) is 5.02 Å². The SMILES string of the molecule is Nc1ccc2nc(Oc3cc(F)c(Cl)cc3Br)ccc2c1. The van der Waals surface area contributed by atoms with Crippen molar-refractivity contribution >= 4 is 44.1 Å². The number of anilines is 1. The Morgan fingerprint density at radius 2 is 1.95 bits per heavy atom. The number of ether oxygens (including phenoxy) is 1. The highest BCUT2D eigenvalue weighted by Gasteiger charge is 2.10. The van der Waals surface area contributed by atoms with Gasteiger partial charge in [0, 0.05) is 23.2 Å². The van der Waals surface area contributed by atoms with E-state index in [1.54, 1.807) is 18.2 Å². The molecule has 0 aliphatic carbocycles. The van der Waals surface area contributed by atoms with Gasteiger partial charge >= 0.3 is 0 Å². The Bertz CT molecular complexity index is 841. The first-order valence-electron chi connectivity index (χ1n) is 6.01. The van der Waals surface area contributed by atoms with Crippen LogP contribution in [-0.2, 0) is 0 Å². The number of hydrogen-bond acceptors (Lipinski definition) is 3. The molecule has 2 aromatic carbocycles. The molecule has 6 heteroatoms. The van der Waals surface area contributed by atoms with Crippen molar-refractivity contribution < 1.29 is 9.13 Å². The molecule has 0 amide bonds. The number of benzene rings is 2. The monoisotopic (exact) mass is 366 g/mol. The first-order chi connectivity index (χ1) is 10.0. The Morgan fingerprint density at radius 1 is 1.14 bits per heavy atom. The van der Waals surface area contributed by atoms with Gasteiger partial charge in [0.2, 0.25) is 5.88 Å². The second-order valence-corrected chi connectivity index (χ2v) is 5.66. The molecule has 1 heterocycles. The van der Waals surface area contributed by atoms with Gasteiger partial charge in [-0.1, -0.05) is 11.6 Å². The van der Waals surface area contributed by atoms with Crippen LogP contribution in [0.2, 0.25) is 5.02 Å². The zero-order valence-electron chi connectivity index (χ0n) is 10.6. The molecule has 106 valence electrons. The molecule has 0 atom stereocenters. The molecule has 21 heavy (non-hydrogen) atoms. The number of fused-ring (bicyclic) bond motifs is 1. The Morgan fingerprint density at radius 3 is 2.76 bits per heavy atom. The Labute approximate surface area is 133 Å². The van der Waals surface area contributed by atoms with Crippen LogP contribution in [0, 0.1) is 5.82 Å². The van der Waals surface area contributed by atoms with E-state index in [1.165, 1.54) is 12.1 Å². The molecular formula is C15H9BrClFN2O. The quantitative estimate of drug-likeness (QED) is 0.502. The molecular weight excluding hydrogens is 359 g/mol. The van der Waals surface area contributed by atoms with Gasteiger partial charge in [-0.15, -0.1) is 0 Å². The zero-order valence-corrected chi connectivity index (χ0v) is 13.0. The molecule has 0 saturated heterocycles. The number of rotatable bonds is 2. The lowest BCUT2D eigenvalue weighted by atomic mass is 10.2. The largest absolute Gasteiger partial charge is 0.438 e. The maximum absolute atomic E-state index is 13.5. The molecule has 0 spiro atoms. The van der Waals surface area contributed by atoms with Crippen LogP contribution in [0.3, 0.4) is 0 Å². The van der Waals surface area contributed by atoms with E-state index in [9.17, 15) is 4.39 Å². The van der Waals surface area contributed by atoms with Crippen LogP contribution < -0.4 is 10.5 Å². The Balaban J connectivity index is 1.98. The smallest absolute Gasteiger partial charge is 0.219 e. The zero-order chi connectivity index (χ0) is 15.0. The molecule has 0 unspecified atom stereocenters. The van der Waals surface area contributed by atoms with Crippen LogP contribution in [0.4, 0.5) is 10.1 Å². The maximum atomic E-state index is 13.5. The standard InChI is InChI=1S/C15H9BrClFN2O/c16-10-6-11(17)12(18)7-14(10)21-15-4-1-8-5-9(19)2-3-13(8)20-15/h1-7H,19H2. The van der Waals surface area contributed by atoms with E-state index in [1.807, 2.05) is 12.1 Å². The van der Waals surface area contributed by atoms with E-state index in [4.69, 9.17) is 22.1 Å². The van der Waals surface area contributed by atoms with Crippen molar-refractivity contribution in [3.63, 3.8) is 0 Å². The van der Waals surface area contributed by atoms with Crippen LogP contribution in [0.15, 0.2) is 46.9 Å². The van der Waals surface area contributed by atoms with Crippen LogP contribution >= 0.6 is 27.5 Å². The van der Waals surface area contributed by atoms with E-state index in [0.29, 0.717) is 21.8 Å². The highest BCUT2D eigenvalue weighted by Crippen LogP contribution is 2.33. The molecule has 3 rings (SSSR count). The van der Waals surface area contributed by atoms with Gasteiger partial charge in [0.25, 0.3) is 0 Å². The Hall–Kier alpha value is -1.85. The van der Waals surface area contributed by atoms with Gasteiger partial charge in [0.15, 0.2) is 0 Å². The van der Waals surface area contributed by atoms with Gasteiger partial charge in [0.1, 0.15) is 11.6 Å². The van der Waals surface area contributed by atoms with Crippen LogP contribution in [0.5, 0.6) is 11.6 Å². The van der Waals surface area contributed by atoms with Gasteiger partial charge in [-0.25, -0.2) is 9.37 Å². The predicted octanol–water partition coefficient (Wildman–Crippen LogP) is 5.16. The summed E-state index contributed by atoms with van der Waals surface area (Å²) in [6.45, 7) is 0. The first-order valence-corrected chi connectivity index (χ1v) is 7.19. The minimum absolute atomic E-state index is 0.0242. The van der Waals surface area contributed by atoms with Gasteiger partial charge in [0.05, 0.1) is 15.0 Å². The van der Waals surface area contributed by atoms with Crippen molar-refractivity contribution in [1.82, 2.24) is 4.98 Å². The van der Waals surface area contributed by atoms with Crippen molar-refractivity contribution in [2.75, 3.05) is 5.73 Å². The summed E-state index contributed by atoms with van der Waals surface area (Å²) in [4.78, 5) is 4.35. The van der Waals surface area contributed by atoms with E-state index in [0.717, 1.165) is 10.9 Å². The molecule has 3 aromatic rings. The van der Waals surface area contributed by atoms with Crippen molar-refractivity contribution in [3.8, 4) is 11.6 Å². The maximum Gasteiger partial charge on any atom is 0.219 e. The predicted molar refractivity (Wildman–Crippen MR) is 85.3 cm³/mol. The third-order valence-corrected chi connectivity index (χ3v) is 3.79. The van der Waals surface area contributed by atoms with Crippen LogP contribution in [-0.4, -0.2) is 4.98 Å². The lowest BCUT2D eigenvalue weighted by molar-refractivity contribution is 0.457. The minimum Gasteiger partial charge on any atom is -0.438 e. The molecule has 2 N–H and O–H groups in total. The van der Waals surface area contributed by atoms with E-state index < -0.39 is 5.82 Å². The molecule has 0 aliphatic rings. The van der Waals surface area contributed by atoms with Crippen molar-refractivity contribution in [3.05, 3.63) is 57.8 Å². The highest BCUT2D eigenvalue weighted by atomic mass is 79.9. The normalized spacial score (nSPS) is 10.8. The summed E-state index contributed by atoms with van der Waals surface area (Å²) < 4.78 is 19.6. The van der Waals surface area contributed by atoms with Gasteiger partial charge in [-0.05, 0) is 46.3 Å². The topological polar surface area (TPSA) is 48.1 Å². The molecule has 0 aliphatic heterocycles. The highest BCUT2D eigenvalue weighted by molar-refractivity contribution is 9.10. The average molecular weight is 368 g/mol. The second kappa shape index (κ2) is 5.50. The summed E-state index contributed by atoms with van der Waals surface area (Å²) in [5, 5.41) is 0.930. The van der Waals surface area contributed by atoms with Gasteiger partial charge in [-0.3, -0.25) is 0 Å².